The van der Waals surface area contributed by atoms with Crippen molar-refractivity contribution < 1.29 is 4.79 Å². The molecule has 1 amide bonds. The summed E-state index contributed by atoms with van der Waals surface area (Å²) in [5, 5.41) is 7.14. The lowest BCUT2D eigenvalue weighted by Gasteiger charge is -2.34. The lowest BCUT2D eigenvalue weighted by atomic mass is 10.1. The van der Waals surface area contributed by atoms with Crippen molar-refractivity contribution >= 4 is 24.1 Å². The molecule has 8 nitrogen and oxygen atoms in total. The van der Waals surface area contributed by atoms with E-state index in [-0.39, 0.29) is 12.5 Å². The predicted molar refractivity (Wildman–Crippen MR) is 108 cm³/mol. The topological polar surface area (TPSA) is 82.9 Å². The molecule has 0 spiro atoms. The van der Waals surface area contributed by atoms with Crippen LogP contribution in [0.5, 0.6) is 0 Å². The van der Waals surface area contributed by atoms with Crippen molar-refractivity contribution in [3.05, 3.63) is 53.1 Å². The molecular weight excluding hydrogens is 374 g/mol. The highest BCUT2D eigenvalue weighted by Gasteiger charge is 2.23. The van der Waals surface area contributed by atoms with Gasteiger partial charge in [0.2, 0.25) is 11.9 Å². The summed E-state index contributed by atoms with van der Waals surface area (Å²) in [4.78, 5) is 25.4. The number of nitrogens with one attached hydrogen (secondary N) is 1. The predicted octanol–water partition coefficient (Wildman–Crippen LogP) is 2.05. The minimum atomic E-state index is 0.0278. The van der Waals surface area contributed by atoms with Gasteiger partial charge in [-0.1, -0.05) is 23.8 Å². The number of carbonyl (C=O) groups excluding carboxylic acids is 1. The Kier molecular flexibility index (Phi) is 5.16. The summed E-state index contributed by atoms with van der Waals surface area (Å²) < 4.78 is 2.21. The van der Waals surface area contributed by atoms with Gasteiger partial charge in [0.25, 0.3) is 0 Å². The van der Waals surface area contributed by atoms with Crippen LogP contribution in [-0.4, -0.2) is 61.7 Å². The smallest absolute Gasteiger partial charge is 0.242 e. The van der Waals surface area contributed by atoms with E-state index >= 15 is 0 Å². The van der Waals surface area contributed by atoms with Gasteiger partial charge in [0.05, 0.1) is 0 Å². The van der Waals surface area contributed by atoms with Crippen LogP contribution < -0.4 is 4.90 Å². The molecule has 3 aromatic rings. The Balaban J connectivity index is 1.45. The minimum Gasteiger partial charge on any atom is -0.338 e. The molecule has 4 rings (SSSR count). The van der Waals surface area contributed by atoms with E-state index in [1.165, 1.54) is 0 Å². The van der Waals surface area contributed by atoms with Crippen LogP contribution in [-0.2, 0) is 11.3 Å². The summed E-state index contributed by atoms with van der Waals surface area (Å²) in [7, 11) is 0. The van der Waals surface area contributed by atoms with Crippen molar-refractivity contribution in [1.82, 2.24) is 29.6 Å². The molecule has 0 unspecified atom stereocenters. The summed E-state index contributed by atoms with van der Waals surface area (Å²) in [5.41, 5.74) is 2.06. The molecule has 0 atom stereocenters. The zero-order valence-electron chi connectivity index (χ0n) is 15.6. The number of benzene rings is 1. The Morgan fingerprint density at radius 2 is 1.89 bits per heavy atom. The number of rotatable bonds is 4. The molecule has 9 heteroatoms. The van der Waals surface area contributed by atoms with Crippen LogP contribution in [0.3, 0.4) is 0 Å². The molecule has 1 aliphatic heterocycles. The third-order valence-corrected chi connectivity index (χ3v) is 5.11. The SMILES string of the molecule is Cc1cccc(-c2n[nH]c(=S)n2CC(=O)N2CCN(c3ncccn3)CC2)c1. The third-order valence-electron chi connectivity index (χ3n) is 4.80. The van der Waals surface area contributed by atoms with Gasteiger partial charge in [-0.2, -0.15) is 5.10 Å². The summed E-state index contributed by atoms with van der Waals surface area (Å²) in [6, 6.07) is 9.79. The molecule has 0 radical (unpaired) electrons. The average Bonchev–Trinajstić information content (AvgIpc) is 3.09. The van der Waals surface area contributed by atoms with Gasteiger partial charge in [0.15, 0.2) is 10.6 Å². The van der Waals surface area contributed by atoms with Crippen molar-refractivity contribution in [2.24, 2.45) is 0 Å². The summed E-state index contributed by atoms with van der Waals surface area (Å²) in [6.07, 6.45) is 3.46. The van der Waals surface area contributed by atoms with E-state index in [4.69, 9.17) is 12.2 Å². The standard InChI is InChI=1S/C19H21N7OS/c1-14-4-2-5-15(12-14)17-22-23-19(28)26(17)13-16(27)24-8-10-25(11-9-24)18-20-6-3-7-21-18/h2-7,12H,8-11,13H2,1H3,(H,23,28). The van der Waals surface area contributed by atoms with Crippen molar-refractivity contribution in [3.8, 4) is 11.4 Å². The fraction of sp³-hybridized carbons (Fsp3) is 0.316. The number of nitrogens with zero attached hydrogens (tertiary/aromatic N) is 6. The number of H-pyrrole nitrogens is 1. The maximum Gasteiger partial charge on any atom is 0.242 e. The Labute approximate surface area is 167 Å². The van der Waals surface area contributed by atoms with Crippen LogP contribution in [0.25, 0.3) is 11.4 Å². The highest BCUT2D eigenvalue weighted by Crippen LogP contribution is 2.19. The maximum atomic E-state index is 12.9. The fourth-order valence-electron chi connectivity index (χ4n) is 3.31. The summed E-state index contributed by atoms with van der Waals surface area (Å²) >= 11 is 5.36. The summed E-state index contributed by atoms with van der Waals surface area (Å²) in [5.74, 6) is 1.41. The van der Waals surface area contributed by atoms with E-state index in [2.05, 4.69) is 25.1 Å². The monoisotopic (exact) mass is 395 g/mol. The van der Waals surface area contributed by atoms with Crippen LogP contribution in [0.4, 0.5) is 5.95 Å². The molecule has 28 heavy (non-hydrogen) atoms. The van der Waals surface area contributed by atoms with Crippen molar-refractivity contribution in [1.29, 1.82) is 0 Å². The second-order valence-electron chi connectivity index (χ2n) is 6.72. The Morgan fingerprint density at radius 1 is 1.14 bits per heavy atom. The number of piperazine rings is 1. The number of amides is 1. The third kappa shape index (κ3) is 3.79. The number of anilines is 1. The van der Waals surface area contributed by atoms with Crippen LogP contribution in [0.15, 0.2) is 42.7 Å². The second-order valence-corrected chi connectivity index (χ2v) is 7.11. The van der Waals surface area contributed by atoms with Gasteiger partial charge >= 0.3 is 0 Å². The van der Waals surface area contributed by atoms with Crippen LogP contribution in [0.2, 0.25) is 0 Å². The number of hydrogen-bond acceptors (Lipinski definition) is 6. The Hall–Kier alpha value is -3.07. The van der Waals surface area contributed by atoms with Crippen molar-refractivity contribution in [2.75, 3.05) is 31.1 Å². The van der Waals surface area contributed by atoms with Gasteiger partial charge in [-0.25, -0.2) is 9.97 Å². The zero-order valence-corrected chi connectivity index (χ0v) is 16.4. The van der Waals surface area contributed by atoms with Crippen LogP contribution >= 0.6 is 12.2 Å². The van der Waals surface area contributed by atoms with Crippen LogP contribution in [0, 0.1) is 11.7 Å². The molecule has 0 aliphatic carbocycles. The quantitative estimate of drug-likeness (QED) is 0.681. The van der Waals surface area contributed by atoms with Crippen LogP contribution in [0.1, 0.15) is 5.56 Å². The first-order valence-electron chi connectivity index (χ1n) is 9.14. The van der Waals surface area contributed by atoms with E-state index < -0.39 is 0 Å². The number of aryl methyl sites for hydroxylation is 1. The van der Waals surface area contributed by atoms with E-state index in [1.54, 1.807) is 23.0 Å². The molecular formula is C19H21N7OS. The molecule has 1 aromatic carbocycles. The molecule has 2 aromatic heterocycles. The Bertz CT molecular complexity index is 1020. The highest BCUT2D eigenvalue weighted by atomic mass is 32.1. The first-order chi connectivity index (χ1) is 13.6. The molecule has 0 bridgehead atoms. The van der Waals surface area contributed by atoms with E-state index in [0.29, 0.717) is 42.7 Å². The number of aromatic nitrogens is 5. The lowest BCUT2D eigenvalue weighted by Crippen LogP contribution is -2.50. The van der Waals surface area contributed by atoms with Gasteiger partial charge in [-0.05, 0) is 31.3 Å². The van der Waals surface area contributed by atoms with Crippen molar-refractivity contribution in [2.45, 2.75) is 13.5 Å². The zero-order chi connectivity index (χ0) is 19.5. The molecule has 1 aliphatic rings. The van der Waals surface area contributed by atoms with Gasteiger partial charge in [-0.15, -0.1) is 0 Å². The highest BCUT2D eigenvalue weighted by molar-refractivity contribution is 7.71. The molecule has 3 heterocycles. The summed E-state index contributed by atoms with van der Waals surface area (Å²) in [6.45, 7) is 4.86. The molecule has 1 fully saturated rings. The molecule has 1 N–H and O–H groups in total. The largest absolute Gasteiger partial charge is 0.338 e. The second kappa shape index (κ2) is 7.89. The number of aromatic amines is 1. The molecule has 1 saturated heterocycles. The average molecular weight is 395 g/mol. The first kappa shape index (κ1) is 18.3. The number of hydrogen-bond donors (Lipinski definition) is 1. The van der Waals surface area contributed by atoms with Gasteiger partial charge in [-0.3, -0.25) is 14.5 Å². The number of carbonyl (C=O) groups is 1. The van der Waals surface area contributed by atoms with Crippen molar-refractivity contribution in [3.63, 3.8) is 0 Å². The molecule has 0 saturated carbocycles. The Morgan fingerprint density at radius 3 is 2.61 bits per heavy atom. The lowest BCUT2D eigenvalue weighted by molar-refractivity contribution is -0.132. The fourth-order valence-corrected chi connectivity index (χ4v) is 3.51. The van der Waals surface area contributed by atoms with Gasteiger partial charge < -0.3 is 9.80 Å². The molecule has 144 valence electrons. The maximum absolute atomic E-state index is 12.9. The normalized spacial score (nSPS) is 14.3. The first-order valence-corrected chi connectivity index (χ1v) is 9.54. The minimum absolute atomic E-state index is 0.0278. The van der Waals surface area contributed by atoms with E-state index in [0.717, 1.165) is 11.1 Å². The van der Waals surface area contributed by atoms with Gasteiger partial charge in [0, 0.05) is 44.1 Å². The van der Waals surface area contributed by atoms with Gasteiger partial charge in [0.1, 0.15) is 6.54 Å². The van der Waals surface area contributed by atoms with E-state index in [1.807, 2.05) is 36.1 Å². The van der Waals surface area contributed by atoms with E-state index in [9.17, 15) is 4.79 Å².